The lowest BCUT2D eigenvalue weighted by molar-refractivity contribution is 0.0674. The van der Waals surface area contributed by atoms with Crippen molar-refractivity contribution in [2.24, 2.45) is 0 Å². The normalized spacial score (nSPS) is 27.0. The minimum atomic E-state index is -0.203. The summed E-state index contributed by atoms with van der Waals surface area (Å²) in [4.78, 5) is 2.29. The van der Waals surface area contributed by atoms with Crippen LogP contribution in [0.15, 0.2) is 0 Å². The smallest absolute Gasteiger partial charge is 0.0906 e. The summed E-state index contributed by atoms with van der Waals surface area (Å²) in [5, 5.41) is 0. The summed E-state index contributed by atoms with van der Waals surface area (Å²) >= 11 is 0. The monoisotopic (exact) mass is 175 g/mol. The Morgan fingerprint density at radius 2 is 2.42 bits per heavy atom. The predicted octanol–water partition coefficient (Wildman–Crippen LogP) is 1.46. The number of nitrogens with zero attached hydrogens (tertiary/aromatic N) is 1. The first kappa shape index (κ1) is 9.93. The van der Waals surface area contributed by atoms with E-state index in [-0.39, 0.29) is 6.67 Å². The Bertz CT molecular complexity index is 121. The lowest BCUT2D eigenvalue weighted by Gasteiger charge is -2.20. The number of hydrogen-bond acceptors (Lipinski definition) is 2. The Morgan fingerprint density at radius 3 is 3.17 bits per heavy atom. The fourth-order valence-corrected chi connectivity index (χ4v) is 1.57. The maximum absolute atomic E-state index is 11.9. The van der Waals surface area contributed by atoms with E-state index in [0.29, 0.717) is 12.5 Å². The van der Waals surface area contributed by atoms with Crippen molar-refractivity contribution in [3.63, 3.8) is 0 Å². The van der Waals surface area contributed by atoms with Crippen molar-refractivity contribution in [3.8, 4) is 0 Å². The molecule has 0 N–H and O–H groups in total. The Hall–Kier alpha value is -0.150. The van der Waals surface area contributed by atoms with Gasteiger partial charge < -0.3 is 9.64 Å². The molecule has 0 aromatic rings. The average molecular weight is 175 g/mol. The quantitative estimate of drug-likeness (QED) is 0.644. The molecule has 0 aliphatic carbocycles. The van der Waals surface area contributed by atoms with Gasteiger partial charge in [0.2, 0.25) is 0 Å². The molecule has 1 atom stereocenters. The molecule has 12 heavy (non-hydrogen) atoms. The average Bonchev–Trinajstić information content (AvgIpc) is 2.26. The third-order valence-electron chi connectivity index (χ3n) is 2.14. The molecule has 1 aliphatic heterocycles. The Morgan fingerprint density at radius 1 is 1.58 bits per heavy atom. The second kappa shape index (κ2) is 5.49. The van der Waals surface area contributed by atoms with Crippen LogP contribution in [-0.4, -0.2) is 43.9 Å². The van der Waals surface area contributed by atoms with Gasteiger partial charge in [0, 0.05) is 26.2 Å². The molecule has 2 nitrogen and oxygen atoms in total. The zero-order chi connectivity index (χ0) is 8.81. The standard InChI is InChI=1S/C9H18FNO/c1-9-8-11(5-2-4-10)6-3-7-12-9/h9H,2-8H2,1H3. The van der Waals surface area contributed by atoms with Crippen molar-refractivity contribution in [2.75, 3.05) is 32.9 Å². The van der Waals surface area contributed by atoms with Gasteiger partial charge >= 0.3 is 0 Å². The van der Waals surface area contributed by atoms with Crippen LogP contribution < -0.4 is 0 Å². The van der Waals surface area contributed by atoms with Crippen molar-refractivity contribution in [1.82, 2.24) is 4.90 Å². The number of alkyl halides is 1. The van der Waals surface area contributed by atoms with E-state index in [0.717, 1.165) is 32.7 Å². The van der Waals surface area contributed by atoms with Gasteiger partial charge in [-0.25, -0.2) is 0 Å². The summed E-state index contributed by atoms with van der Waals surface area (Å²) in [5.74, 6) is 0. The van der Waals surface area contributed by atoms with Gasteiger partial charge in [-0.15, -0.1) is 0 Å². The topological polar surface area (TPSA) is 12.5 Å². The van der Waals surface area contributed by atoms with E-state index in [1.807, 2.05) is 0 Å². The second-order valence-electron chi connectivity index (χ2n) is 3.38. The summed E-state index contributed by atoms with van der Waals surface area (Å²) in [6.45, 7) is 5.63. The van der Waals surface area contributed by atoms with Crippen LogP contribution in [-0.2, 0) is 4.74 Å². The van der Waals surface area contributed by atoms with Gasteiger partial charge in [-0.2, -0.15) is 0 Å². The lowest BCUT2D eigenvalue weighted by atomic mass is 10.3. The zero-order valence-electron chi connectivity index (χ0n) is 7.76. The van der Waals surface area contributed by atoms with Gasteiger partial charge in [0.1, 0.15) is 0 Å². The molecular formula is C9H18FNO. The highest BCUT2D eigenvalue weighted by atomic mass is 19.1. The fourth-order valence-electron chi connectivity index (χ4n) is 1.57. The zero-order valence-corrected chi connectivity index (χ0v) is 7.76. The van der Waals surface area contributed by atoms with Gasteiger partial charge in [-0.3, -0.25) is 4.39 Å². The fraction of sp³-hybridized carbons (Fsp3) is 1.00. The third-order valence-corrected chi connectivity index (χ3v) is 2.14. The molecule has 0 bridgehead atoms. The molecule has 0 spiro atoms. The first-order chi connectivity index (χ1) is 5.83. The molecule has 0 radical (unpaired) electrons. The van der Waals surface area contributed by atoms with Crippen molar-refractivity contribution >= 4 is 0 Å². The minimum Gasteiger partial charge on any atom is -0.377 e. The van der Waals surface area contributed by atoms with Gasteiger partial charge in [-0.1, -0.05) is 0 Å². The Balaban J connectivity index is 2.21. The predicted molar refractivity (Wildman–Crippen MR) is 47.1 cm³/mol. The number of ether oxygens (including phenoxy) is 1. The van der Waals surface area contributed by atoms with E-state index in [9.17, 15) is 4.39 Å². The highest BCUT2D eigenvalue weighted by Gasteiger charge is 2.13. The lowest BCUT2D eigenvalue weighted by Crippen LogP contribution is -2.31. The molecule has 0 saturated carbocycles. The van der Waals surface area contributed by atoms with Crippen LogP contribution in [0.4, 0.5) is 4.39 Å². The van der Waals surface area contributed by atoms with Gasteiger partial charge in [-0.05, 0) is 19.8 Å². The first-order valence-corrected chi connectivity index (χ1v) is 4.73. The molecule has 3 heteroatoms. The molecule has 1 aliphatic rings. The highest BCUT2D eigenvalue weighted by Crippen LogP contribution is 2.05. The summed E-state index contributed by atoms with van der Waals surface area (Å²) in [6, 6.07) is 0. The number of rotatable bonds is 3. The van der Waals surface area contributed by atoms with Crippen LogP contribution in [0.3, 0.4) is 0 Å². The van der Waals surface area contributed by atoms with Crippen LogP contribution in [0.25, 0.3) is 0 Å². The SMILES string of the molecule is CC1CN(CCCF)CCCO1. The van der Waals surface area contributed by atoms with Gasteiger partial charge in [0.25, 0.3) is 0 Å². The van der Waals surface area contributed by atoms with Crippen LogP contribution in [0.5, 0.6) is 0 Å². The molecular weight excluding hydrogens is 157 g/mol. The van der Waals surface area contributed by atoms with Crippen LogP contribution in [0.2, 0.25) is 0 Å². The van der Waals surface area contributed by atoms with Gasteiger partial charge in [0.05, 0.1) is 12.8 Å². The molecule has 0 aromatic heterocycles. The van der Waals surface area contributed by atoms with Crippen LogP contribution in [0.1, 0.15) is 19.8 Å². The highest BCUT2D eigenvalue weighted by molar-refractivity contribution is 4.66. The number of halogens is 1. The summed E-state index contributed by atoms with van der Waals surface area (Å²) < 4.78 is 17.4. The van der Waals surface area contributed by atoms with Crippen molar-refractivity contribution < 1.29 is 9.13 Å². The Labute approximate surface area is 73.7 Å². The molecule has 1 fully saturated rings. The molecule has 72 valence electrons. The minimum absolute atomic E-state index is 0.203. The van der Waals surface area contributed by atoms with Crippen molar-refractivity contribution in [1.29, 1.82) is 0 Å². The number of hydrogen-bond donors (Lipinski definition) is 0. The maximum Gasteiger partial charge on any atom is 0.0906 e. The van der Waals surface area contributed by atoms with E-state index in [4.69, 9.17) is 4.74 Å². The summed E-state index contributed by atoms with van der Waals surface area (Å²) in [5.41, 5.74) is 0. The molecule has 0 amide bonds. The van der Waals surface area contributed by atoms with E-state index in [2.05, 4.69) is 11.8 Å². The van der Waals surface area contributed by atoms with E-state index in [1.165, 1.54) is 0 Å². The summed E-state index contributed by atoms with van der Waals surface area (Å²) in [6.07, 6.45) is 2.05. The first-order valence-electron chi connectivity index (χ1n) is 4.73. The third kappa shape index (κ3) is 3.50. The van der Waals surface area contributed by atoms with Crippen molar-refractivity contribution in [3.05, 3.63) is 0 Å². The van der Waals surface area contributed by atoms with E-state index < -0.39 is 0 Å². The van der Waals surface area contributed by atoms with E-state index >= 15 is 0 Å². The molecule has 0 aromatic carbocycles. The Kier molecular flexibility index (Phi) is 4.54. The second-order valence-corrected chi connectivity index (χ2v) is 3.38. The molecule has 1 saturated heterocycles. The largest absolute Gasteiger partial charge is 0.377 e. The molecule has 1 rings (SSSR count). The maximum atomic E-state index is 11.9. The van der Waals surface area contributed by atoms with Crippen molar-refractivity contribution in [2.45, 2.75) is 25.9 Å². The van der Waals surface area contributed by atoms with E-state index in [1.54, 1.807) is 0 Å². The van der Waals surface area contributed by atoms with Gasteiger partial charge in [0.15, 0.2) is 0 Å². The summed E-state index contributed by atoms with van der Waals surface area (Å²) in [7, 11) is 0. The molecule has 1 heterocycles. The van der Waals surface area contributed by atoms with Crippen LogP contribution in [0, 0.1) is 0 Å². The molecule has 1 unspecified atom stereocenters. The van der Waals surface area contributed by atoms with Crippen LogP contribution >= 0.6 is 0 Å².